The fourth-order valence-corrected chi connectivity index (χ4v) is 11.3. The number of nitrogens with one attached hydrogen (secondary N) is 2. The highest BCUT2D eigenvalue weighted by atomic mass is 15.0. The fraction of sp³-hybridized carbons (Fsp3) is 0.0649. The standard InChI is InChI=1S/C69H48N6.2C3H5N.C2H6/c1-45-21-25-61-62-40-54(57-35-58(44-72-43-57)65-20-2-3-31-73-65)24-28-66(62)75(69(61)32-45)60-19-7-15-51(37-60)50-14-6-18-59(36-50)74-67-26-22-52(46-10-4-12-48(33-46)55-16-8-29-70-41-55)38-63(67)64-39-53(23-27-68(64)74)47-11-5-13-49(34-47)56-17-9-30-71-42-56;2*1-2-3-4;1-2/h2-31,33-45H,32H2,1H3;2*2-4H,1H2;1-2H3. The first-order valence-corrected chi connectivity index (χ1v) is 28.7. The van der Waals surface area contributed by atoms with Crippen LogP contribution >= 0.6 is 0 Å². The van der Waals surface area contributed by atoms with Gasteiger partial charge in [0.15, 0.2) is 0 Å². The monoisotopic (exact) mass is 1100 g/mol. The Bertz CT molecular complexity index is 4410. The molecule has 0 amide bonds. The Hall–Kier alpha value is -11.0. The lowest BCUT2D eigenvalue weighted by Gasteiger charge is -2.18. The predicted molar refractivity (Wildman–Crippen MR) is 358 cm³/mol. The summed E-state index contributed by atoms with van der Waals surface area (Å²) in [6.07, 6.45) is 23.9. The molecule has 1 aliphatic carbocycles. The molecule has 6 aromatic heterocycles. The second kappa shape index (κ2) is 25.9. The summed E-state index contributed by atoms with van der Waals surface area (Å²) >= 11 is 0. The maximum atomic E-state index is 6.21. The summed E-state index contributed by atoms with van der Waals surface area (Å²) in [5, 5.41) is 16.0. The molecule has 8 nitrogen and oxygen atoms in total. The minimum atomic E-state index is 0.423. The van der Waals surface area contributed by atoms with Gasteiger partial charge < -0.3 is 20.0 Å². The van der Waals surface area contributed by atoms with E-state index >= 15 is 0 Å². The second-order valence-electron chi connectivity index (χ2n) is 20.5. The Morgan fingerprint density at radius 1 is 0.412 bits per heavy atom. The van der Waals surface area contributed by atoms with Gasteiger partial charge in [-0.2, -0.15) is 0 Å². The summed E-state index contributed by atoms with van der Waals surface area (Å²) in [5.41, 5.74) is 23.9. The fourth-order valence-electron chi connectivity index (χ4n) is 11.3. The van der Waals surface area contributed by atoms with Gasteiger partial charge in [0.05, 0.1) is 22.2 Å². The molecule has 0 spiro atoms. The van der Waals surface area contributed by atoms with E-state index in [1.54, 1.807) is 0 Å². The molecule has 412 valence electrons. The van der Waals surface area contributed by atoms with E-state index in [0.29, 0.717) is 5.92 Å². The molecule has 0 fully saturated rings. The van der Waals surface area contributed by atoms with Crippen LogP contribution in [0, 0.1) is 16.7 Å². The smallest absolute Gasteiger partial charge is 0.0717 e. The number of aromatic nitrogens is 6. The SMILES string of the molecule is C=CC=N.C=CC=N.CC.CC1C=Cc2c(n(-c3cccc(-c4cccc(-n5c6ccc(-c7cccc(-c8cccnc8)c7)cc6c6cc(-c7cccc(-c8cccnc8)c7)ccc65)c4)c3)c3ccc(-c4cncc(-c5ccccn5)c4)cc23)C1. The van der Waals surface area contributed by atoms with Gasteiger partial charge >= 0.3 is 0 Å². The summed E-state index contributed by atoms with van der Waals surface area (Å²) in [5.74, 6) is 0.423. The highest BCUT2D eigenvalue weighted by Gasteiger charge is 2.23. The van der Waals surface area contributed by atoms with E-state index in [4.69, 9.17) is 10.8 Å². The topological polar surface area (TPSA) is 109 Å². The van der Waals surface area contributed by atoms with Crippen LogP contribution in [0.25, 0.3) is 128 Å². The lowest BCUT2D eigenvalue weighted by atomic mass is 9.94. The largest absolute Gasteiger partial charge is 0.313 e. The van der Waals surface area contributed by atoms with Crippen LogP contribution in [0.3, 0.4) is 0 Å². The van der Waals surface area contributed by atoms with Crippen LogP contribution in [0.2, 0.25) is 0 Å². The molecule has 0 saturated heterocycles. The number of pyridine rings is 4. The van der Waals surface area contributed by atoms with Crippen molar-refractivity contribution in [1.29, 1.82) is 10.8 Å². The van der Waals surface area contributed by atoms with Crippen LogP contribution in [0.15, 0.2) is 275 Å². The summed E-state index contributed by atoms with van der Waals surface area (Å²) in [6, 6.07) is 72.8. The van der Waals surface area contributed by atoms with Crippen LogP contribution < -0.4 is 0 Å². The van der Waals surface area contributed by atoms with Gasteiger partial charge in [0.1, 0.15) is 0 Å². The molecule has 0 saturated carbocycles. The van der Waals surface area contributed by atoms with Gasteiger partial charge in [-0.1, -0.05) is 155 Å². The van der Waals surface area contributed by atoms with Crippen molar-refractivity contribution in [3.63, 3.8) is 0 Å². The number of nitrogens with zero attached hydrogens (tertiary/aromatic N) is 6. The molecule has 0 radical (unpaired) electrons. The zero-order valence-electron chi connectivity index (χ0n) is 47.9. The third kappa shape index (κ3) is 11.8. The molecule has 6 heterocycles. The average Bonchev–Trinajstić information content (AvgIpc) is 2.74. The van der Waals surface area contributed by atoms with Gasteiger partial charge in [-0.15, -0.1) is 0 Å². The van der Waals surface area contributed by atoms with Crippen molar-refractivity contribution in [3.05, 3.63) is 286 Å². The number of benzene rings is 7. The van der Waals surface area contributed by atoms with Gasteiger partial charge in [-0.05, 0) is 166 Å². The van der Waals surface area contributed by atoms with E-state index < -0.39 is 0 Å². The van der Waals surface area contributed by atoms with Gasteiger partial charge in [0.25, 0.3) is 0 Å². The van der Waals surface area contributed by atoms with Crippen LogP contribution in [0.1, 0.15) is 32.0 Å². The molecule has 13 aromatic rings. The molecule has 1 unspecified atom stereocenters. The molecule has 85 heavy (non-hydrogen) atoms. The third-order valence-electron chi connectivity index (χ3n) is 15.2. The normalized spacial score (nSPS) is 12.2. The molecule has 14 rings (SSSR count). The molecular formula is C77H64N8. The van der Waals surface area contributed by atoms with Gasteiger partial charge in [0, 0.05) is 117 Å². The van der Waals surface area contributed by atoms with Crippen LogP contribution in [-0.4, -0.2) is 41.5 Å². The van der Waals surface area contributed by atoms with Crippen molar-refractivity contribution in [2.45, 2.75) is 27.2 Å². The number of allylic oxidation sites excluding steroid dienone is 3. The minimum absolute atomic E-state index is 0.423. The summed E-state index contributed by atoms with van der Waals surface area (Å²) in [7, 11) is 0. The maximum Gasteiger partial charge on any atom is 0.0717 e. The Morgan fingerprint density at radius 2 is 0.835 bits per heavy atom. The van der Waals surface area contributed by atoms with Crippen LogP contribution in [-0.2, 0) is 6.42 Å². The molecule has 0 bridgehead atoms. The quantitative estimate of drug-likeness (QED) is 0.126. The molecule has 0 aliphatic heterocycles. The highest BCUT2D eigenvalue weighted by Crippen LogP contribution is 2.41. The van der Waals surface area contributed by atoms with Gasteiger partial charge in [-0.25, -0.2) is 0 Å². The predicted octanol–water partition coefficient (Wildman–Crippen LogP) is 19.9. The Balaban J connectivity index is 0.000000703. The molecule has 1 atom stereocenters. The van der Waals surface area contributed by atoms with Gasteiger partial charge in [-0.3, -0.25) is 19.9 Å². The lowest BCUT2D eigenvalue weighted by Crippen LogP contribution is -2.08. The third-order valence-corrected chi connectivity index (χ3v) is 15.2. The zero-order chi connectivity index (χ0) is 58.7. The lowest BCUT2D eigenvalue weighted by molar-refractivity contribution is 0.690. The van der Waals surface area contributed by atoms with Crippen molar-refractivity contribution in [2.24, 2.45) is 5.92 Å². The van der Waals surface area contributed by atoms with Crippen molar-refractivity contribution in [3.8, 4) is 89.4 Å². The first kappa shape index (κ1) is 55.9. The molecule has 7 aromatic carbocycles. The highest BCUT2D eigenvalue weighted by molar-refractivity contribution is 6.12. The Kier molecular flexibility index (Phi) is 17.0. The van der Waals surface area contributed by atoms with E-state index in [-0.39, 0.29) is 0 Å². The average molecular weight is 1100 g/mol. The maximum absolute atomic E-state index is 6.21. The summed E-state index contributed by atoms with van der Waals surface area (Å²) in [4.78, 5) is 18.0. The van der Waals surface area contributed by atoms with Gasteiger partial charge in [0.2, 0.25) is 0 Å². The van der Waals surface area contributed by atoms with E-state index in [1.165, 1.54) is 45.1 Å². The first-order chi connectivity index (χ1) is 41.9. The summed E-state index contributed by atoms with van der Waals surface area (Å²) in [6.45, 7) is 12.8. The van der Waals surface area contributed by atoms with Crippen molar-refractivity contribution >= 4 is 51.2 Å². The van der Waals surface area contributed by atoms with E-state index in [0.717, 1.165) is 119 Å². The van der Waals surface area contributed by atoms with Crippen molar-refractivity contribution in [1.82, 2.24) is 29.1 Å². The molecule has 1 aliphatic rings. The second-order valence-corrected chi connectivity index (χ2v) is 20.5. The van der Waals surface area contributed by atoms with E-state index in [9.17, 15) is 0 Å². The minimum Gasteiger partial charge on any atom is -0.313 e. The molecule has 8 heteroatoms. The summed E-state index contributed by atoms with van der Waals surface area (Å²) < 4.78 is 4.93. The number of fused-ring (bicyclic) bond motifs is 6. The number of hydrogen-bond donors (Lipinski definition) is 2. The van der Waals surface area contributed by atoms with E-state index in [2.05, 4.69) is 231 Å². The Labute approximate surface area is 497 Å². The molecule has 2 N–H and O–H groups in total. The Morgan fingerprint density at radius 3 is 1.34 bits per heavy atom. The first-order valence-electron chi connectivity index (χ1n) is 28.7. The van der Waals surface area contributed by atoms with E-state index in [1.807, 2.05) is 87.6 Å². The van der Waals surface area contributed by atoms with Crippen molar-refractivity contribution < 1.29 is 0 Å². The van der Waals surface area contributed by atoms with Crippen LogP contribution in [0.4, 0.5) is 0 Å². The number of hydrogen-bond acceptors (Lipinski definition) is 6. The van der Waals surface area contributed by atoms with Crippen molar-refractivity contribution in [2.75, 3.05) is 0 Å². The molecular weight excluding hydrogens is 1040 g/mol. The zero-order valence-corrected chi connectivity index (χ0v) is 47.9. The van der Waals surface area contributed by atoms with Crippen LogP contribution in [0.5, 0.6) is 0 Å². The number of rotatable bonds is 11.